The molecule has 0 heterocycles. The van der Waals surface area contributed by atoms with Gasteiger partial charge in [-0.15, -0.1) is 13.2 Å². The van der Waals surface area contributed by atoms with Crippen molar-refractivity contribution in [3.05, 3.63) is 59.6 Å². The molecule has 144 valence electrons. The summed E-state index contributed by atoms with van der Waals surface area (Å²) in [6.45, 7) is 5.18. The van der Waals surface area contributed by atoms with E-state index in [4.69, 9.17) is 2.74 Å². The van der Waals surface area contributed by atoms with Crippen molar-refractivity contribution in [3.63, 3.8) is 0 Å². The molecule has 0 atom stereocenters. The first-order chi connectivity index (χ1) is 13.3. The van der Waals surface area contributed by atoms with Crippen molar-refractivity contribution < 1.29 is 30.2 Å². The Hall–Kier alpha value is -3.03. The molecule has 0 radical (unpaired) electrons. The number of alkyl halides is 3. The van der Waals surface area contributed by atoms with Crippen LogP contribution in [0.15, 0.2) is 48.5 Å². The van der Waals surface area contributed by atoms with Crippen molar-refractivity contribution in [1.82, 2.24) is 5.32 Å². The van der Waals surface area contributed by atoms with E-state index in [-0.39, 0.29) is 28.9 Å². The molecule has 0 spiro atoms. The van der Waals surface area contributed by atoms with Gasteiger partial charge in [0.2, 0.25) is 0 Å². The van der Waals surface area contributed by atoms with Gasteiger partial charge < -0.3 is 15.4 Å². The van der Waals surface area contributed by atoms with Crippen molar-refractivity contribution in [2.75, 3.05) is 5.32 Å². The number of anilines is 1. The first-order valence-corrected chi connectivity index (χ1v) is 7.87. The molecule has 0 aliphatic carbocycles. The fourth-order valence-electron chi connectivity index (χ4n) is 2.09. The molecule has 0 aliphatic rings. The number of carbonyl (C=O) groups is 2. The first kappa shape index (κ1) is 17.4. The Balaban J connectivity index is 2.31. The van der Waals surface area contributed by atoms with Gasteiger partial charge in [0.25, 0.3) is 11.8 Å². The lowest BCUT2D eigenvalue weighted by Gasteiger charge is -2.21. The van der Waals surface area contributed by atoms with Gasteiger partial charge in [-0.3, -0.25) is 9.59 Å². The summed E-state index contributed by atoms with van der Waals surface area (Å²) in [5.41, 5.74) is -1.08. The van der Waals surface area contributed by atoms with Gasteiger partial charge in [0.15, 0.2) is 0 Å². The van der Waals surface area contributed by atoms with Crippen LogP contribution >= 0.6 is 0 Å². The molecule has 2 aromatic carbocycles. The van der Waals surface area contributed by atoms with Crippen LogP contribution in [-0.4, -0.2) is 23.7 Å². The second kappa shape index (κ2) is 7.69. The highest BCUT2D eigenvalue weighted by Crippen LogP contribution is 2.24. The Kier molecular flexibility index (Phi) is 4.95. The van der Waals surface area contributed by atoms with E-state index in [1.54, 1.807) is 20.8 Å². The van der Waals surface area contributed by atoms with Gasteiger partial charge in [0.1, 0.15) is 5.75 Å². The Bertz CT molecular complexity index is 924. The molecule has 0 bridgehead atoms. The Labute approximate surface area is 157 Å². The molecule has 0 saturated heterocycles. The number of rotatable bonds is 4. The number of ether oxygens (including phenoxy) is 1. The molecule has 2 rings (SSSR count). The second-order valence-corrected chi connectivity index (χ2v) is 6.60. The Morgan fingerprint density at radius 2 is 1.48 bits per heavy atom. The molecule has 2 aromatic rings. The SMILES string of the molecule is [3H]c1ccc([3H])c(C(=O)NC(C)(C)C)c1C(=O)Nc1ccc(OC(F)(F)F)cc1. The molecule has 0 saturated carbocycles. The van der Waals surface area contributed by atoms with Crippen LogP contribution in [0.5, 0.6) is 5.75 Å². The number of hydrogen-bond donors (Lipinski definition) is 2. The van der Waals surface area contributed by atoms with Crippen molar-refractivity contribution >= 4 is 17.5 Å². The third-order valence-corrected chi connectivity index (χ3v) is 3.08. The molecule has 2 N–H and O–H groups in total. The topological polar surface area (TPSA) is 67.4 Å². The lowest BCUT2D eigenvalue weighted by molar-refractivity contribution is -0.274. The van der Waals surface area contributed by atoms with Gasteiger partial charge in [-0.1, -0.05) is 12.1 Å². The molecule has 0 fully saturated rings. The maximum Gasteiger partial charge on any atom is 0.573 e. The van der Waals surface area contributed by atoms with E-state index >= 15 is 0 Å². The zero-order chi connectivity index (χ0) is 22.0. The fraction of sp³-hybridized carbons (Fsp3) is 0.263. The Morgan fingerprint density at radius 1 is 0.963 bits per heavy atom. The second-order valence-electron chi connectivity index (χ2n) is 6.60. The average molecular weight is 384 g/mol. The summed E-state index contributed by atoms with van der Waals surface area (Å²) in [6, 6.07) is 6.34. The monoisotopic (exact) mass is 384 g/mol. The van der Waals surface area contributed by atoms with E-state index < -0.39 is 29.5 Å². The normalized spacial score (nSPS) is 12.7. The number of carbonyl (C=O) groups excluding carboxylic acids is 2. The molecule has 2 amide bonds. The summed E-state index contributed by atoms with van der Waals surface area (Å²) in [5.74, 6) is -1.99. The summed E-state index contributed by atoms with van der Waals surface area (Å²) in [5, 5.41) is 5.06. The highest BCUT2D eigenvalue weighted by molar-refractivity contribution is 6.12. The molecule has 5 nitrogen and oxygen atoms in total. The van der Waals surface area contributed by atoms with E-state index in [9.17, 15) is 22.8 Å². The summed E-state index contributed by atoms with van der Waals surface area (Å²) >= 11 is 0. The van der Waals surface area contributed by atoms with Gasteiger partial charge in [-0.2, -0.15) is 0 Å². The zero-order valence-electron chi connectivity index (χ0n) is 16.8. The predicted octanol–water partition coefficient (Wildman–Crippen LogP) is 4.37. The summed E-state index contributed by atoms with van der Waals surface area (Å²) < 4.78 is 56.4. The van der Waals surface area contributed by atoms with E-state index in [0.29, 0.717) is 0 Å². The molecule has 27 heavy (non-hydrogen) atoms. The summed E-state index contributed by atoms with van der Waals surface area (Å²) in [6.07, 6.45) is -4.84. The smallest absolute Gasteiger partial charge is 0.406 e. The predicted molar refractivity (Wildman–Crippen MR) is 94.7 cm³/mol. The largest absolute Gasteiger partial charge is 0.573 e. The fourth-order valence-corrected chi connectivity index (χ4v) is 2.09. The highest BCUT2D eigenvalue weighted by atomic mass is 19.4. The van der Waals surface area contributed by atoms with Crippen molar-refractivity contribution in [2.45, 2.75) is 32.7 Å². The zero-order valence-corrected chi connectivity index (χ0v) is 14.8. The van der Waals surface area contributed by atoms with Crippen molar-refractivity contribution in [2.24, 2.45) is 0 Å². The van der Waals surface area contributed by atoms with Gasteiger partial charge >= 0.3 is 6.36 Å². The lowest BCUT2D eigenvalue weighted by atomic mass is 10.0. The number of nitrogens with one attached hydrogen (secondary N) is 2. The summed E-state index contributed by atoms with van der Waals surface area (Å²) in [4.78, 5) is 25.3. The van der Waals surface area contributed by atoms with Gasteiger partial charge in [0, 0.05) is 11.2 Å². The van der Waals surface area contributed by atoms with Crippen LogP contribution < -0.4 is 15.4 Å². The molecular formula is C19H19F3N2O3. The quantitative estimate of drug-likeness (QED) is 0.823. The molecule has 0 unspecified atom stereocenters. The number of amides is 2. The van der Waals surface area contributed by atoms with Crippen LogP contribution in [0.4, 0.5) is 18.9 Å². The minimum Gasteiger partial charge on any atom is -0.406 e. The minimum absolute atomic E-state index is 0.126. The average Bonchev–Trinajstić information content (AvgIpc) is 2.55. The van der Waals surface area contributed by atoms with Crippen LogP contribution in [0.3, 0.4) is 0 Å². The van der Waals surface area contributed by atoms with Crippen molar-refractivity contribution in [1.29, 1.82) is 0 Å². The maximum absolute atomic E-state index is 12.7. The van der Waals surface area contributed by atoms with E-state index in [0.717, 1.165) is 12.1 Å². The molecule has 0 aliphatic heterocycles. The van der Waals surface area contributed by atoms with Crippen LogP contribution in [0, 0.1) is 0 Å². The minimum atomic E-state index is -4.84. The van der Waals surface area contributed by atoms with Gasteiger partial charge in [-0.25, -0.2) is 0 Å². The third-order valence-electron chi connectivity index (χ3n) is 3.08. The van der Waals surface area contributed by atoms with Gasteiger partial charge in [0.05, 0.1) is 13.9 Å². The number of hydrogen-bond acceptors (Lipinski definition) is 3. The maximum atomic E-state index is 12.7. The van der Waals surface area contributed by atoms with Crippen LogP contribution in [-0.2, 0) is 0 Å². The summed E-state index contributed by atoms with van der Waals surface area (Å²) in [7, 11) is 0. The first-order valence-electron chi connectivity index (χ1n) is 8.87. The van der Waals surface area contributed by atoms with Crippen LogP contribution in [0.25, 0.3) is 0 Å². The third kappa shape index (κ3) is 6.32. The van der Waals surface area contributed by atoms with E-state index in [2.05, 4.69) is 15.4 Å². The molecule has 0 aromatic heterocycles. The molecular weight excluding hydrogens is 361 g/mol. The highest BCUT2D eigenvalue weighted by Gasteiger charge is 2.31. The Morgan fingerprint density at radius 3 is 1.96 bits per heavy atom. The van der Waals surface area contributed by atoms with Crippen molar-refractivity contribution in [3.8, 4) is 5.75 Å². The van der Waals surface area contributed by atoms with Crippen LogP contribution in [0.2, 0.25) is 0 Å². The molecule has 8 heteroatoms. The number of halogens is 3. The van der Waals surface area contributed by atoms with E-state index in [1.807, 2.05) is 0 Å². The van der Waals surface area contributed by atoms with Gasteiger partial charge in [-0.05, 0) is 57.1 Å². The van der Waals surface area contributed by atoms with Crippen LogP contribution in [0.1, 0.15) is 44.2 Å². The standard InChI is InChI=1S/C19H19F3N2O3/c1-18(2,3)24-17(26)15-7-5-4-6-14(15)16(25)23-12-8-10-13(11-9-12)27-19(20,21)22/h4-11H,1-3H3,(H,23,25)(H,24,26)/i6T,7T. The lowest BCUT2D eigenvalue weighted by Crippen LogP contribution is -2.41. The number of benzene rings is 2. The van der Waals surface area contributed by atoms with E-state index in [1.165, 1.54) is 24.3 Å².